The molecule has 1 aromatic carbocycles. The normalized spacial score (nSPS) is 18.2. The van der Waals surface area contributed by atoms with Gasteiger partial charge in [-0.3, -0.25) is 0 Å². The first-order valence-electron chi connectivity index (χ1n) is 6.91. The average Bonchev–Trinajstić information content (AvgIpc) is 3.06. The summed E-state index contributed by atoms with van der Waals surface area (Å²) in [6.07, 6.45) is 3.33. The summed E-state index contributed by atoms with van der Waals surface area (Å²) in [5.41, 5.74) is 2.41. The van der Waals surface area contributed by atoms with Crippen molar-refractivity contribution in [3.8, 4) is 0 Å². The second-order valence-electron chi connectivity index (χ2n) is 5.41. The second-order valence-corrected chi connectivity index (χ2v) is 8.33. The zero-order valence-electron chi connectivity index (χ0n) is 11.8. The lowest BCUT2D eigenvalue weighted by Gasteiger charge is -2.32. The van der Waals surface area contributed by atoms with Crippen LogP contribution in [0.25, 0.3) is 5.57 Å². The molecule has 9 heteroatoms. The fraction of sp³-hybridized carbons (Fsp3) is 0. The minimum atomic E-state index is -4.01. The molecule has 2 aliphatic heterocycles. The Labute approximate surface area is 166 Å². The maximum atomic E-state index is 15.1. The van der Waals surface area contributed by atoms with Gasteiger partial charge in [0.2, 0.25) is 4.62 Å². The van der Waals surface area contributed by atoms with E-state index in [4.69, 9.17) is 11.6 Å². The van der Waals surface area contributed by atoms with Crippen LogP contribution in [0.2, 0.25) is 5.02 Å². The highest BCUT2D eigenvalue weighted by Gasteiger charge is 2.54. The number of aromatic nitrogens is 1. The third kappa shape index (κ3) is 2.26. The highest BCUT2D eigenvalue weighted by Crippen LogP contribution is 2.43. The predicted octanol–water partition coefficient (Wildman–Crippen LogP) is 6.04. The molecular weight excluding hydrogens is 532 g/mol. The average molecular weight is 539 g/mol. The van der Waals surface area contributed by atoms with Gasteiger partial charge < -0.3 is 17.6 Å². The van der Waals surface area contributed by atoms with Crippen LogP contribution >= 0.6 is 59.4 Å². The maximum absolute atomic E-state index is 15.1. The Bertz CT molecular complexity index is 995. The Morgan fingerprint density at radius 3 is 2.50 bits per heavy atom. The largest absolute Gasteiger partial charge is 0.738 e. The molecule has 2 aromatic rings. The number of rotatable bonds is 1. The Morgan fingerprint density at radius 1 is 1.04 bits per heavy atom. The number of fused-ring (bicyclic) bond motifs is 2. The van der Waals surface area contributed by atoms with Crippen LogP contribution in [0, 0.1) is 0 Å². The Balaban J connectivity index is 2.12. The van der Waals surface area contributed by atoms with Crippen LogP contribution in [0.3, 0.4) is 0 Å². The van der Waals surface area contributed by atoms with Crippen LogP contribution in [-0.4, -0.2) is 20.6 Å². The Hall–Kier alpha value is -0.695. The van der Waals surface area contributed by atoms with Crippen molar-refractivity contribution in [3.63, 3.8) is 0 Å². The topological polar surface area (TPSA) is 7.94 Å². The molecule has 2 nitrogen and oxygen atoms in total. The molecule has 0 unspecified atom stereocenters. The SMILES string of the molecule is F[B-]1(F)n2c(Br)ccc2C(c2ccc(Cl)cc2Br)=C2C=CC(Br)=[N+]21. The number of hydrogen-bond donors (Lipinski definition) is 0. The molecule has 0 spiro atoms. The molecule has 0 atom stereocenters. The number of nitrogens with zero attached hydrogens (tertiary/aromatic N) is 2. The molecule has 24 heavy (non-hydrogen) atoms. The van der Waals surface area contributed by atoms with Crippen LogP contribution in [-0.2, 0) is 0 Å². The molecule has 0 saturated heterocycles. The smallest absolute Gasteiger partial charge is 0.389 e. The molecule has 0 bridgehead atoms. The summed E-state index contributed by atoms with van der Waals surface area (Å²) in [5, 5.41) is 0.574. The molecule has 122 valence electrons. The molecule has 0 fully saturated rings. The lowest BCUT2D eigenvalue weighted by atomic mass is 9.86. The first kappa shape index (κ1) is 16.8. The summed E-state index contributed by atoms with van der Waals surface area (Å²) in [6.45, 7) is -4.01. The Morgan fingerprint density at radius 2 is 1.79 bits per heavy atom. The van der Waals surface area contributed by atoms with E-state index in [1.165, 1.54) is 0 Å². The second kappa shape index (κ2) is 5.66. The fourth-order valence-electron chi connectivity index (χ4n) is 3.10. The van der Waals surface area contributed by atoms with E-state index < -0.39 is 6.97 Å². The van der Waals surface area contributed by atoms with Crippen LogP contribution < -0.4 is 0 Å². The van der Waals surface area contributed by atoms with E-state index in [-0.39, 0.29) is 0 Å². The van der Waals surface area contributed by atoms with Gasteiger partial charge in [-0.15, -0.1) is 0 Å². The third-order valence-electron chi connectivity index (χ3n) is 4.07. The van der Waals surface area contributed by atoms with E-state index >= 15 is 8.63 Å². The number of benzene rings is 1. The maximum Gasteiger partial charge on any atom is 0.738 e. The molecule has 0 radical (unpaired) electrons. The molecule has 0 saturated carbocycles. The van der Waals surface area contributed by atoms with Gasteiger partial charge in [-0.05, 0) is 40.2 Å². The summed E-state index contributed by atoms with van der Waals surface area (Å²) >= 11 is 16.0. The van der Waals surface area contributed by atoms with Crippen LogP contribution in [0.15, 0.2) is 57.3 Å². The van der Waals surface area contributed by atoms with Crippen molar-refractivity contribution in [1.29, 1.82) is 0 Å². The molecule has 0 amide bonds. The summed E-state index contributed by atoms with van der Waals surface area (Å²) in [7, 11) is 0. The first-order chi connectivity index (χ1) is 11.3. The van der Waals surface area contributed by atoms with E-state index in [0.717, 1.165) is 19.0 Å². The quantitative estimate of drug-likeness (QED) is 0.391. The fourth-order valence-corrected chi connectivity index (χ4v) is 5.12. The lowest BCUT2D eigenvalue weighted by Crippen LogP contribution is -2.50. The summed E-state index contributed by atoms with van der Waals surface area (Å²) in [5.74, 6) is 0. The van der Waals surface area contributed by atoms with Gasteiger partial charge in [0.1, 0.15) is 0 Å². The first-order valence-corrected chi connectivity index (χ1v) is 9.67. The molecule has 0 aliphatic carbocycles. The highest BCUT2D eigenvalue weighted by molar-refractivity contribution is 9.18. The molecule has 2 aliphatic rings. The van der Waals surface area contributed by atoms with E-state index in [0.29, 0.717) is 31.2 Å². The molecular formula is C15H7BBr3ClF2N2. The lowest BCUT2D eigenvalue weighted by molar-refractivity contribution is -0.358. The number of hydrogen-bond acceptors (Lipinski definition) is 0. The van der Waals surface area contributed by atoms with Crippen LogP contribution in [0.5, 0.6) is 0 Å². The van der Waals surface area contributed by atoms with Crippen molar-refractivity contribution in [2.75, 3.05) is 0 Å². The summed E-state index contributed by atoms with van der Waals surface area (Å²) < 4.78 is 33.7. The summed E-state index contributed by atoms with van der Waals surface area (Å²) in [6, 6.07) is 8.66. The highest BCUT2D eigenvalue weighted by atomic mass is 79.9. The zero-order valence-corrected chi connectivity index (χ0v) is 17.3. The van der Waals surface area contributed by atoms with E-state index in [9.17, 15) is 0 Å². The van der Waals surface area contributed by atoms with Gasteiger partial charge >= 0.3 is 6.97 Å². The van der Waals surface area contributed by atoms with Crippen LogP contribution in [0.4, 0.5) is 8.63 Å². The molecule has 4 rings (SSSR count). The summed E-state index contributed by atoms with van der Waals surface area (Å²) in [4.78, 5) is 0. The van der Waals surface area contributed by atoms with Crippen molar-refractivity contribution in [1.82, 2.24) is 4.48 Å². The van der Waals surface area contributed by atoms with Gasteiger partial charge in [0, 0.05) is 48.8 Å². The van der Waals surface area contributed by atoms with Crippen molar-refractivity contribution < 1.29 is 13.1 Å². The third-order valence-corrected chi connectivity index (χ3v) is 6.25. The van der Waals surface area contributed by atoms with E-state index in [1.807, 2.05) is 6.07 Å². The van der Waals surface area contributed by atoms with Crippen molar-refractivity contribution in [2.45, 2.75) is 0 Å². The predicted molar refractivity (Wildman–Crippen MR) is 104 cm³/mol. The van der Waals surface area contributed by atoms with Gasteiger partial charge in [-0.25, -0.2) is 0 Å². The van der Waals surface area contributed by atoms with Gasteiger partial charge in [0.15, 0.2) is 5.70 Å². The van der Waals surface area contributed by atoms with Crippen molar-refractivity contribution in [3.05, 3.63) is 73.5 Å². The monoisotopic (exact) mass is 536 g/mol. The zero-order chi connectivity index (χ0) is 17.2. The molecule has 0 N–H and O–H groups in total. The van der Waals surface area contributed by atoms with E-state index in [2.05, 4.69) is 47.8 Å². The number of halogens is 6. The van der Waals surface area contributed by atoms with Crippen molar-refractivity contribution in [2.24, 2.45) is 0 Å². The van der Waals surface area contributed by atoms with Crippen LogP contribution in [0.1, 0.15) is 11.3 Å². The molecule has 3 heterocycles. The standard InChI is InChI=1S/C15H7BBr3ClF2N2/c17-10-7-8(20)1-2-9(10)15-11-3-5-13(18)23(11)16(21,22)24-12(15)4-6-14(24)19/h1-7H. The van der Waals surface area contributed by atoms with Gasteiger partial charge in [0.05, 0.1) is 10.2 Å². The van der Waals surface area contributed by atoms with Gasteiger partial charge in [-0.1, -0.05) is 33.6 Å². The van der Waals surface area contributed by atoms with Crippen molar-refractivity contribution >= 4 is 76.6 Å². The van der Waals surface area contributed by atoms with Gasteiger partial charge in [-0.2, -0.15) is 0 Å². The Kier molecular flexibility index (Phi) is 3.95. The van der Waals surface area contributed by atoms with Gasteiger partial charge in [0.25, 0.3) is 0 Å². The minimum absolute atomic E-state index is 0.330. The number of allylic oxidation sites excluding steroid dienone is 2. The molecule has 1 aromatic heterocycles. The minimum Gasteiger partial charge on any atom is -0.389 e. The van der Waals surface area contributed by atoms with E-state index in [1.54, 1.807) is 36.4 Å².